The van der Waals surface area contributed by atoms with Gasteiger partial charge in [0.25, 0.3) is 5.91 Å². The number of imidazole rings is 1. The number of carbonyl (C=O) groups excluding carboxylic acids is 3. The largest absolute Gasteiger partial charge is 0.442 e. The van der Waals surface area contributed by atoms with Crippen molar-refractivity contribution >= 4 is 29.3 Å². The third kappa shape index (κ3) is 4.56. The summed E-state index contributed by atoms with van der Waals surface area (Å²) in [6.45, 7) is 1.73. The molecule has 11 heteroatoms. The summed E-state index contributed by atoms with van der Waals surface area (Å²) in [5, 5.41) is 5.24. The predicted octanol–water partition coefficient (Wildman–Crippen LogP) is 2.12. The minimum absolute atomic E-state index is 0.0984. The van der Waals surface area contributed by atoms with Gasteiger partial charge in [-0.2, -0.15) is 0 Å². The molecule has 0 spiro atoms. The van der Waals surface area contributed by atoms with E-state index >= 15 is 0 Å². The molecule has 0 radical (unpaired) electrons. The number of pyridine rings is 1. The number of nitrogens with one attached hydrogen (secondary N) is 2. The van der Waals surface area contributed by atoms with Gasteiger partial charge in [0.1, 0.15) is 23.9 Å². The fraction of sp³-hybridized carbons (Fsp3) is 0.190. The van der Waals surface area contributed by atoms with Gasteiger partial charge < -0.3 is 19.9 Å². The lowest BCUT2D eigenvalue weighted by atomic mass is 10.2. The summed E-state index contributed by atoms with van der Waals surface area (Å²) in [7, 11) is 0. The average molecular weight is 438 g/mol. The predicted molar refractivity (Wildman–Crippen MR) is 112 cm³/mol. The number of carbonyl (C=O) groups is 3. The quantitative estimate of drug-likeness (QED) is 0.609. The van der Waals surface area contributed by atoms with Gasteiger partial charge in [-0.15, -0.1) is 0 Å². The van der Waals surface area contributed by atoms with Crippen molar-refractivity contribution in [1.29, 1.82) is 0 Å². The van der Waals surface area contributed by atoms with Crippen molar-refractivity contribution in [3.63, 3.8) is 0 Å². The summed E-state index contributed by atoms with van der Waals surface area (Å²) in [6.07, 6.45) is 4.66. The summed E-state index contributed by atoms with van der Waals surface area (Å²) in [4.78, 5) is 44.7. The molecule has 0 saturated carbocycles. The second-order valence-electron chi connectivity index (χ2n) is 7.05. The van der Waals surface area contributed by atoms with E-state index < -0.39 is 23.9 Å². The van der Waals surface area contributed by atoms with Crippen LogP contribution in [0.1, 0.15) is 17.4 Å². The van der Waals surface area contributed by atoms with Gasteiger partial charge in [0.15, 0.2) is 0 Å². The molecule has 32 heavy (non-hydrogen) atoms. The van der Waals surface area contributed by atoms with Gasteiger partial charge in [0, 0.05) is 19.3 Å². The van der Waals surface area contributed by atoms with Gasteiger partial charge in [0.05, 0.1) is 36.3 Å². The number of halogens is 1. The second-order valence-corrected chi connectivity index (χ2v) is 7.05. The molecule has 0 unspecified atom stereocenters. The van der Waals surface area contributed by atoms with Crippen LogP contribution in [0.3, 0.4) is 0 Å². The lowest BCUT2D eigenvalue weighted by Gasteiger charge is -2.14. The number of rotatable bonds is 6. The highest BCUT2D eigenvalue weighted by molar-refractivity contribution is 6.02. The molecule has 3 heterocycles. The Balaban J connectivity index is 1.46. The van der Waals surface area contributed by atoms with Crippen molar-refractivity contribution < 1.29 is 23.5 Å². The third-order valence-electron chi connectivity index (χ3n) is 4.71. The topological polar surface area (TPSA) is 118 Å². The van der Waals surface area contributed by atoms with E-state index in [-0.39, 0.29) is 30.4 Å². The highest BCUT2D eigenvalue weighted by Gasteiger charge is 2.32. The van der Waals surface area contributed by atoms with Crippen molar-refractivity contribution in [2.24, 2.45) is 0 Å². The Morgan fingerprint density at radius 2 is 2.16 bits per heavy atom. The number of benzene rings is 1. The molecule has 0 aliphatic carbocycles. The Labute approximate surface area is 182 Å². The van der Waals surface area contributed by atoms with E-state index in [1.807, 2.05) is 0 Å². The van der Waals surface area contributed by atoms with Gasteiger partial charge >= 0.3 is 6.09 Å². The lowest BCUT2D eigenvalue weighted by molar-refractivity contribution is -0.119. The van der Waals surface area contributed by atoms with Crippen molar-refractivity contribution in [3.05, 3.63) is 66.8 Å². The maximum atomic E-state index is 14.8. The van der Waals surface area contributed by atoms with Crippen LogP contribution in [0.4, 0.5) is 20.6 Å². The molecule has 2 aromatic heterocycles. The first kappa shape index (κ1) is 21.0. The van der Waals surface area contributed by atoms with E-state index in [1.165, 1.54) is 47.2 Å². The minimum Gasteiger partial charge on any atom is -0.442 e. The molecule has 1 aliphatic heterocycles. The summed E-state index contributed by atoms with van der Waals surface area (Å²) in [5.74, 6) is -1.31. The maximum Gasteiger partial charge on any atom is 0.414 e. The Morgan fingerprint density at radius 1 is 1.31 bits per heavy atom. The Bertz CT molecular complexity index is 1170. The third-order valence-corrected chi connectivity index (χ3v) is 4.71. The lowest BCUT2D eigenvalue weighted by Crippen LogP contribution is -2.33. The number of amides is 3. The number of anilines is 2. The number of hydrogen-bond donors (Lipinski definition) is 2. The first-order chi connectivity index (χ1) is 15.4. The van der Waals surface area contributed by atoms with Crippen LogP contribution in [0.15, 0.2) is 55.2 Å². The van der Waals surface area contributed by atoms with Crippen molar-refractivity contribution in [2.75, 3.05) is 23.3 Å². The monoisotopic (exact) mass is 438 g/mol. The van der Waals surface area contributed by atoms with Crippen LogP contribution in [-0.4, -0.2) is 51.6 Å². The van der Waals surface area contributed by atoms with Crippen LogP contribution < -0.4 is 15.5 Å². The van der Waals surface area contributed by atoms with Crippen LogP contribution in [0.5, 0.6) is 0 Å². The molecule has 2 N–H and O–H groups in total. The van der Waals surface area contributed by atoms with E-state index in [0.717, 1.165) is 0 Å². The SMILES string of the molecule is CC(=O)NC[C@H]1CN(c2ccc(-n3cnc(C(=O)Nc4cccnc4)c3)c(F)c2)C(=O)O1. The standard InChI is InChI=1S/C21H19FN6O4/c1-13(29)24-9-16-10-28(21(31)32-16)15-4-5-19(17(22)7-15)27-11-18(25-12-27)20(30)26-14-3-2-6-23-8-14/h2-8,11-12,16H,9-10H2,1H3,(H,24,29)(H,26,30)/t16-/m0/s1. The molecule has 10 nitrogen and oxygen atoms in total. The second kappa shape index (κ2) is 8.84. The van der Waals surface area contributed by atoms with Crippen LogP contribution in [0, 0.1) is 5.82 Å². The molecule has 4 rings (SSSR count). The Hall–Kier alpha value is -4.28. The molecule has 1 aromatic carbocycles. The number of hydrogen-bond acceptors (Lipinski definition) is 6. The van der Waals surface area contributed by atoms with Crippen LogP contribution >= 0.6 is 0 Å². The molecular formula is C21H19FN6O4. The average Bonchev–Trinajstić information content (AvgIpc) is 3.40. The first-order valence-corrected chi connectivity index (χ1v) is 9.68. The fourth-order valence-electron chi connectivity index (χ4n) is 3.17. The Morgan fingerprint density at radius 3 is 2.88 bits per heavy atom. The first-order valence-electron chi connectivity index (χ1n) is 9.68. The van der Waals surface area contributed by atoms with E-state index in [2.05, 4.69) is 20.6 Å². The van der Waals surface area contributed by atoms with Crippen LogP contribution in [0.2, 0.25) is 0 Å². The molecule has 1 saturated heterocycles. The number of cyclic esters (lactones) is 1. The van der Waals surface area contributed by atoms with Crippen molar-refractivity contribution in [3.8, 4) is 5.69 Å². The van der Waals surface area contributed by atoms with Gasteiger partial charge in [0.2, 0.25) is 5.91 Å². The van der Waals surface area contributed by atoms with Gasteiger partial charge in [-0.1, -0.05) is 0 Å². The number of nitrogens with zero attached hydrogens (tertiary/aromatic N) is 4. The number of ether oxygens (including phenoxy) is 1. The van der Waals surface area contributed by atoms with Gasteiger partial charge in [-0.05, 0) is 30.3 Å². The summed E-state index contributed by atoms with van der Waals surface area (Å²) < 4.78 is 21.4. The molecule has 1 fully saturated rings. The van der Waals surface area contributed by atoms with Gasteiger partial charge in [-0.25, -0.2) is 14.2 Å². The zero-order chi connectivity index (χ0) is 22.7. The zero-order valence-corrected chi connectivity index (χ0v) is 17.0. The maximum absolute atomic E-state index is 14.8. The number of aromatic nitrogens is 3. The van der Waals surface area contributed by atoms with Crippen molar-refractivity contribution in [1.82, 2.24) is 19.9 Å². The van der Waals surface area contributed by atoms with Crippen molar-refractivity contribution in [2.45, 2.75) is 13.0 Å². The van der Waals surface area contributed by atoms with Crippen LogP contribution in [0.25, 0.3) is 5.69 Å². The molecule has 1 atom stereocenters. The minimum atomic E-state index is -0.621. The van der Waals surface area contributed by atoms with E-state index in [9.17, 15) is 18.8 Å². The normalized spacial score (nSPS) is 15.4. The molecule has 3 amide bonds. The Kier molecular flexibility index (Phi) is 5.79. The van der Waals surface area contributed by atoms with E-state index in [1.54, 1.807) is 24.4 Å². The smallest absolute Gasteiger partial charge is 0.414 e. The highest BCUT2D eigenvalue weighted by atomic mass is 19.1. The molecule has 164 valence electrons. The molecular weight excluding hydrogens is 419 g/mol. The highest BCUT2D eigenvalue weighted by Crippen LogP contribution is 2.25. The fourth-order valence-corrected chi connectivity index (χ4v) is 3.17. The zero-order valence-electron chi connectivity index (χ0n) is 17.0. The van der Waals surface area contributed by atoms with Crippen LogP contribution in [-0.2, 0) is 9.53 Å². The summed E-state index contributed by atoms with van der Waals surface area (Å²) in [5.41, 5.74) is 1.08. The molecule has 0 bridgehead atoms. The van der Waals surface area contributed by atoms with E-state index in [4.69, 9.17) is 4.74 Å². The van der Waals surface area contributed by atoms with E-state index in [0.29, 0.717) is 11.4 Å². The molecule has 1 aliphatic rings. The molecule has 3 aromatic rings. The summed E-state index contributed by atoms with van der Waals surface area (Å²) in [6, 6.07) is 7.61. The summed E-state index contributed by atoms with van der Waals surface area (Å²) >= 11 is 0. The van der Waals surface area contributed by atoms with Gasteiger partial charge in [-0.3, -0.25) is 19.5 Å².